The summed E-state index contributed by atoms with van der Waals surface area (Å²) in [6.45, 7) is 5.33. The Kier molecular flexibility index (Phi) is 7.37. The number of rotatable bonds is 7. The first-order chi connectivity index (χ1) is 19.8. The van der Waals surface area contributed by atoms with Crippen LogP contribution in [0.1, 0.15) is 54.5 Å². The van der Waals surface area contributed by atoms with Gasteiger partial charge in [-0.15, -0.1) is 0 Å². The Morgan fingerprint density at radius 1 is 1.02 bits per heavy atom. The van der Waals surface area contributed by atoms with Crippen LogP contribution in [0.5, 0.6) is 17.2 Å². The van der Waals surface area contributed by atoms with Gasteiger partial charge < -0.3 is 39.2 Å². The molecular weight excluding hydrogens is 536 g/mol. The molecule has 0 bridgehead atoms. The Hall–Kier alpha value is -3.28. The number of nitrogens with zero attached hydrogens (tertiary/aromatic N) is 1. The first-order valence-electron chi connectivity index (χ1n) is 13.9. The van der Waals surface area contributed by atoms with Crippen LogP contribution in [0.25, 0.3) is 0 Å². The number of aliphatic hydroxyl groups is 3. The van der Waals surface area contributed by atoms with Crippen molar-refractivity contribution < 1.29 is 43.0 Å². The van der Waals surface area contributed by atoms with E-state index in [4.69, 9.17) is 18.9 Å². The van der Waals surface area contributed by atoms with Crippen molar-refractivity contribution in [1.29, 1.82) is 0 Å². The Bertz CT molecular complexity index is 1430. The number of hydrogen-bond acceptors (Lipinski definition) is 8. The summed E-state index contributed by atoms with van der Waals surface area (Å²) in [5.41, 5.74) is 2.21. The van der Waals surface area contributed by atoms with Gasteiger partial charge in [0, 0.05) is 42.4 Å². The molecule has 3 aromatic carbocycles. The lowest BCUT2D eigenvalue weighted by Gasteiger charge is -2.39. The molecule has 0 amide bonds. The SMILES string of the molecule is CCN(CC)c1ccc2c(c1)Oc1c(ccc(O[C@H]3C[C@@H](O)[C@@H](O)[C@@H](CO)O3)c1C(F)F)C21OCc2ccccc21. The fraction of sp³-hybridized carbons (Fsp3) is 0.419. The van der Waals surface area contributed by atoms with E-state index in [1.807, 2.05) is 56.3 Å². The summed E-state index contributed by atoms with van der Waals surface area (Å²) < 4.78 is 54.2. The molecule has 0 radical (unpaired) electrons. The highest BCUT2D eigenvalue weighted by Crippen LogP contribution is 2.59. The average molecular weight is 570 g/mol. The van der Waals surface area contributed by atoms with Crippen LogP contribution in [0.4, 0.5) is 14.5 Å². The van der Waals surface area contributed by atoms with Gasteiger partial charge in [0.2, 0.25) is 6.29 Å². The standard InChI is InChI=1S/C31H33F2NO7/c1-3-34(4-2)18-9-10-20-24(13-18)41-29-21(31(20)19-8-6-5-7-17(19)16-38-31)11-12-23(27(29)30(32)33)39-26-14-22(36)28(37)25(15-35)40-26/h5-13,22,25-26,28,30,35-37H,3-4,14-16H2,1-2H3/t22-,25-,26-,28-,31?/m1/s1. The topological polar surface area (TPSA) is 101 Å². The minimum absolute atomic E-state index is 0.0616. The summed E-state index contributed by atoms with van der Waals surface area (Å²) in [4.78, 5) is 2.14. The Balaban J connectivity index is 1.50. The molecule has 3 aliphatic heterocycles. The van der Waals surface area contributed by atoms with E-state index in [-0.39, 0.29) is 17.9 Å². The number of benzene rings is 3. The number of alkyl halides is 2. The Morgan fingerprint density at radius 3 is 2.51 bits per heavy atom. The first-order valence-corrected chi connectivity index (χ1v) is 13.9. The van der Waals surface area contributed by atoms with Gasteiger partial charge in [-0.25, -0.2) is 8.78 Å². The van der Waals surface area contributed by atoms with Gasteiger partial charge in [-0.3, -0.25) is 0 Å². The molecule has 8 nitrogen and oxygen atoms in total. The third-order valence-electron chi connectivity index (χ3n) is 8.25. The van der Waals surface area contributed by atoms with Crippen LogP contribution in [0.2, 0.25) is 0 Å². The van der Waals surface area contributed by atoms with E-state index in [1.54, 1.807) is 6.07 Å². The lowest BCUT2D eigenvalue weighted by atomic mass is 9.77. The highest BCUT2D eigenvalue weighted by atomic mass is 19.3. The molecule has 1 spiro atoms. The fourth-order valence-electron chi connectivity index (χ4n) is 6.19. The van der Waals surface area contributed by atoms with Crippen LogP contribution in [0.15, 0.2) is 54.6 Å². The number of anilines is 1. The van der Waals surface area contributed by atoms with Gasteiger partial charge >= 0.3 is 0 Å². The lowest BCUT2D eigenvalue weighted by molar-refractivity contribution is -0.230. The zero-order valence-electron chi connectivity index (χ0n) is 22.8. The molecule has 1 fully saturated rings. The number of aliphatic hydroxyl groups excluding tert-OH is 3. The molecule has 3 heterocycles. The largest absolute Gasteiger partial charge is 0.464 e. The molecule has 3 aliphatic rings. The second-order valence-corrected chi connectivity index (χ2v) is 10.4. The highest BCUT2D eigenvalue weighted by molar-refractivity contribution is 5.69. The van der Waals surface area contributed by atoms with Crippen molar-refractivity contribution in [1.82, 2.24) is 0 Å². The van der Waals surface area contributed by atoms with Crippen molar-refractivity contribution >= 4 is 5.69 Å². The lowest BCUT2D eigenvalue weighted by Crippen LogP contribution is -2.51. The smallest absolute Gasteiger partial charge is 0.271 e. The maximum atomic E-state index is 14.9. The maximum absolute atomic E-state index is 14.9. The molecule has 41 heavy (non-hydrogen) atoms. The van der Waals surface area contributed by atoms with Gasteiger partial charge in [-0.05, 0) is 49.2 Å². The predicted molar refractivity (Wildman–Crippen MR) is 146 cm³/mol. The van der Waals surface area contributed by atoms with E-state index in [0.29, 0.717) is 17.9 Å². The van der Waals surface area contributed by atoms with E-state index < -0.39 is 48.8 Å². The molecule has 1 saturated heterocycles. The van der Waals surface area contributed by atoms with Gasteiger partial charge in [0.05, 0.1) is 19.3 Å². The van der Waals surface area contributed by atoms with Gasteiger partial charge in [0.15, 0.2) is 5.60 Å². The van der Waals surface area contributed by atoms with Gasteiger partial charge in [-0.2, -0.15) is 0 Å². The van der Waals surface area contributed by atoms with E-state index in [0.717, 1.165) is 35.5 Å². The minimum atomic E-state index is -2.99. The van der Waals surface area contributed by atoms with E-state index >= 15 is 0 Å². The third-order valence-corrected chi connectivity index (χ3v) is 8.25. The molecule has 0 aromatic heterocycles. The zero-order valence-corrected chi connectivity index (χ0v) is 22.8. The van der Waals surface area contributed by atoms with Crippen molar-refractivity contribution in [2.75, 3.05) is 24.6 Å². The van der Waals surface area contributed by atoms with Crippen molar-refractivity contribution in [3.63, 3.8) is 0 Å². The second-order valence-electron chi connectivity index (χ2n) is 10.4. The summed E-state index contributed by atoms with van der Waals surface area (Å²) in [7, 11) is 0. The maximum Gasteiger partial charge on any atom is 0.271 e. The van der Waals surface area contributed by atoms with Crippen molar-refractivity contribution in [2.24, 2.45) is 0 Å². The third kappa shape index (κ3) is 4.45. The summed E-state index contributed by atoms with van der Waals surface area (Å²) in [5, 5.41) is 29.8. The number of halogens is 2. The van der Waals surface area contributed by atoms with Crippen LogP contribution in [-0.2, 0) is 21.7 Å². The van der Waals surface area contributed by atoms with Crippen molar-refractivity contribution in [2.45, 2.75) is 63.5 Å². The molecule has 0 saturated carbocycles. The number of ether oxygens (including phenoxy) is 4. The normalized spacial score (nSPS) is 26.3. The quantitative estimate of drug-likeness (QED) is 0.380. The predicted octanol–water partition coefficient (Wildman–Crippen LogP) is 4.61. The Morgan fingerprint density at radius 2 is 1.78 bits per heavy atom. The zero-order chi connectivity index (χ0) is 28.9. The van der Waals surface area contributed by atoms with Crippen LogP contribution in [0.3, 0.4) is 0 Å². The van der Waals surface area contributed by atoms with Crippen molar-refractivity contribution in [3.8, 4) is 17.2 Å². The molecule has 10 heteroatoms. The highest BCUT2D eigenvalue weighted by Gasteiger charge is 2.51. The Labute approximate surface area is 236 Å². The van der Waals surface area contributed by atoms with Crippen LogP contribution in [-0.4, -0.2) is 59.6 Å². The van der Waals surface area contributed by atoms with Crippen molar-refractivity contribution in [3.05, 3.63) is 82.4 Å². The molecule has 1 unspecified atom stereocenters. The minimum Gasteiger partial charge on any atom is -0.464 e. The summed E-state index contributed by atoms with van der Waals surface area (Å²) >= 11 is 0. The molecule has 3 aromatic rings. The molecular formula is C31H33F2NO7. The van der Waals surface area contributed by atoms with Gasteiger partial charge in [-0.1, -0.05) is 24.3 Å². The van der Waals surface area contributed by atoms with Crippen LogP contribution >= 0.6 is 0 Å². The monoisotopic (exact) mass is 569 g/mol. The van der Waals surface area contributed by atoms with Gasteiger partial charge in [0.25, 0.3) is 6.43 Å². The molecule has 3 N–H and O–H groups in total. The molecule has 0 aliphatic carbocycles. The summed E-state index contributed by atoms with van der Waals surface area (Å²) in [5.74, 6) is 0.160. The van der Waals surface area contributed by atoms with Crippen LogP contribution < -0.4 is 14.4 Å². The second kappa shape index (κ2) is 10.8. The van der Waals surface area contributed by atoms with E-state index in [1.165, 1.54) is 6.07 Å². The average Bonchev–Trinajstić information content (AvgIpc) is 3.35. The molecule has 6 rings (SSSR count). The van der Waals surface area contributed by atoms with E-state index in [2.05, 4.69) is 4.90 Å². The fourth-order valence-corrected chi connectivity index (χ4v) is 6.19. The number of fused-ring (bicyclic) bond motifs is 6. The van der Waals surface area contributed by atoms with E-state index in [9.17, 15) is 24.1 Å². The van der Waals surface area contributed by atoms with Gasteiger partial charge in [0.1, 0.15) is 35.0 Å². The molecule has 218 valence electrons. The summed E-state index contributed by atoms with van der Waals surface area (Å²) in [6, 6.07) is 16.6. The molecule has 5 atom stereocenters. The number of hydrogen-bond donors (Lipinski definition) is 3. The first kappa shape index (κ1) is 27.9. The van der Waals surface area contributed by atoms with Crippen LogP contribution in [0, 0.1) is 0 Å². The summed E-state index contributed by atoms with van der Waals surface area (Å²) in [6.07, 6.45) is -8.04.